The fraction of sp³-hybridized carbons (Fsp3) is 0.800. The van der Waals surface area contributed by atoms with Gasteiger partial charge in [-0.1, -0.05) is 26.0 Å². The van der Waals surface area contributed by atoms with Crippen molar-refractivity contribution >= 4 is 11.6 Å². The highest BCUT2D eigenvalue weighted by Gasteiger charge is 2.25. The monoisotopic (exact) mass is 174 g/mol. The summed E-state index contributed by atoms with van der Waals surface area (Å²) in [4.78, 5) is -0.0983. The molecular formula is C10H19Cl. The lowest BCUT2D eigenvalue weighted by molar-refractivity contribution is 0.369. The molecule has 66 valence electrons. The van der Waals surface area contributed by atoms with Crippen LogP contribution in [0.4, 0.5) is 0 Å². The van der Waals surface area contributed by atoms with Gasteiger partial charge in [-0.2, -0.15) is 0 Å². The van der Waals surface area contributed by atoms with Crippen molar-refractivity contribution in [1.82, 2.24) is 0 Å². The normalized spacial score (nSPS) is 18.7. The Morgan fingerprint density at radius 2 is 1.73 bits per heavy atom. The number of rotatable bonds is 3. The van der Waals surface area contributed by atoms with Gasteiger partial charge in [-0.3, -0.25) is 0 Å². The Hall–Kier alpha value is 0.0300. The lowest BCUT2D eigenvalue weighted by atomic mass is 9.85. The van der Waals surface area contributed by atoms with E-state index in [-0.39, 0.29) is 4.87 Å². The molecule has 0 spiro atoms. The summed E-state index contributed by atoms with van der Waals surface area (Å²) in [6, 6.07) is 0. The van der Waals surface area contributed by atoms with E-state index in [4.69, 9.17) is 11.6 Å². The predicted octanol–water partition coefficient (Wildman–Crippen LogP) is 3.85. The minimum absolute atomic E-state index is 0.0983. The van der Waals surface area contributed by atoms with Gasteiger partial charge in [-0.15, -0.1) is 11.6 Å². The Balaban J connectivity index is 4.13. The van der Waals surface area contributed by atoms with E-state index in [2.05, 4.69) is 39.8 Å². The second-order valence-electron chi connectivity index (χ2n) is 3.74. The van der Waals surface area contributed by atoms with E-state index in [1.54, 1.807) is 0 Å². The van der Waals surface area contributed by atoms with Crippen LogP contribution in [0.5, 0.6) is 0 Å². The van der Waals surface area contributed by atoms with E-state index in [0.717, 1.165) is 0 Å². The Morgan fingerprint density at radius 1 is 1.27 bits per heavy atom. The third-order valence-electron chi connectivity index (χ3n) is 2.37. The lowest BCUT2D eigenvalue weighted by Crippen LogP contribution is -2.26. The van der Waals surface area contributed by atoms with Gasteiger partial charge in [0.25, 0.3) is 0 Å². The van der Waals surface area contributed by atoms with E-state index in [9.17, 15) is 0 Å². The molecule has 0 N–H and O–H groups in total. The van der Waals surface area contributed by atoms with Crippen LogP contribution in [-0.2, 0) is 0 Å². The molecule has 0 saturated heterocycles. The maximum atomic E-state index is 6.18. The zero-order chi connectivity index (χ0) is 9.07. The molecule has 0 aliphatic heterocycles. The van der Waals surface area contributed by atoms with Gasteiger partial charge in [-0.05, 0) is 32.6 Å². The van der Waals surface area contributed by atoms with Crippen LogP contribution < -0.4 is 0 Å². The zero-order valence-electron chi connectivity index (χ0n) is 8.19. The highest BCUT2D eigenvalue weighted by molar-refractivity contribution is 6.23. The first-order valence-electron chi connectivity index (χ1n) is 4.21. The summed E-state index contributed by atoms with van der Waals surface area (Å²) in [6.07, 6.45) is 4.29. The summed E-state index contributed by atoms with van der Waals surface area (Å²) in [7, 11) is 0. The first kappa shape index (κ1) is 11.0. The van der Waals surface area contributed by atoms with Crippen molar-refractivity contribution in [3.05, 3.63) is 12.2 Å². The minimum Gasteiger partial charge on any atom is -0.120 e. The Kier molecular flexibility index (Phi) is 4.17. The van der Waals surface area contributed by atoms with Crippen molar-refractivity contribution in [2.75, 3.05) is 0 Å². The summed E-state index contributed by atoms with van der Waals surface area (Å²) >= 11 is 6.18. The average molecular weight is 175 g/mol. The van der Waals surface area contributed by atoms with Crippen molar-refractivity contribution in [1.29, 1.82) is 0 Å². The zero-order valence-corrected chi connectivity index (χ0v) is 8.94. The maximum absolute atomic E-state index is 6.18. The maximum Gasteiger partial charge on any atom is 0.0421 e. The quantitative estimate of drug-likeness (QED) is 0.451. The van der Waals surface area contributed by atoms with E-state index >= 15 is 0 Å². The third kappa shape index (κ3) is 3.81. The van der Waals surface area contributed by atoms with Crippen LogP contribution in [0.3, 0.4) is 0 Å². The third-order valence-corrected chi connectivity index (χ3v) is 2.71. The van der Waals surface area contributed by atoms with Crippen molar-refractivity contribution in [3.8, 4) is 0 Å². The molecule has 0 aromatic heterocycles. The second kappa shape index (κ2) is 4.15. The fourth-order valence-electron chi connectivity index (χ4n) is 1.10. The molecule has 0 nitrogen and oxygen atoms in total. The fourth-order valence-corrected chi connectivity index (χ4v) is 1.29. The van der Waals surface area contributed by atoms with E-state index in [0.29, 0.717) is 11.8 Å². The number of alkyl halides is 1. The largest absolute Gasteiger partial charge is 0.120 e. The van der Waals surface area contributed by atoms with Crippen LogP contribution in [0.15, 0.2) is 12.2 Å². The van der Waals surface area contributed by atoms with Gasteiger partial charge in [0.15, 0.2) is 0 Å². The van der Waals surface area contributed by atoms with Gasteiger partial charge in [0.05, 0.1) is 0 Å². The number of allylic oxidation sites excluding steroid dienone is 2. The topological polar surface area (TPSA) is 0 Å². The highest BCUT2D eigenvalue weighted by Crippen LogP contribution is 2.30. The Morgan fingerprint density at radius 3 is 2.00 bits per heavy atom. The molecule has 0 amide bonds. The first-order chi connectivity index (χ1) is 4.89. The van der Waals surface area contributed by atoms with Crippen molar-refractivity contribution < 1.29 is 0 Å². The molecule has 0 aromatic carbocycles. The van der Waals surface area contributed by atoms with Gasteiger partial charge in [0, 0.05) is 4.87 Å². The molecular weight excluding hydrogens is 156 g/mol. The molecule has 0 bridgehead atoms. The van der Waals surface area contributed by atoms with Gasteiger partial charge in [0.2, 0.25) is 0 Å². The SMILES string of the molecule is CC=C[C@@H](C)[C@@H](C)C(C)(C)Cl. The van der Waals surface area contributed by atoms with Gasteiger partial charge >= 0.3 is 0 Å². The van der Waals surface area contributed by atoms with Crippen LogP contribution in [-0.4, -0.2) is 4.87 Å². The number of hydrogen-bond acceptors (Lipinski definition) is 0. The molecule has 0 rings (SSSR count). The standard InChI is InChI=1S/C10H19Cl/c1-6-7-8(2)9(3)10(4,5)11/h6-9H,1-5H3/t8-,9-/m1/s1. The van der Waals surface area contributed by atoms with Crippen LogP contribution >= 0.6 is 11.6 Å². The first-order valence-corrected chi connectivity index (χ1v) is 4.59. The van der Waals surface area contributed by atoms with Crippen LogP contribution in [0.2, 0.25) is 0 Å². The summed E-state index contributed by atoms with van der Waals surface area (Å²) in [5.41, 5.74) is 0. The predicted molar refractivity (Wildman–Crippen MR) is 53.1 cm³/mol. The molecule has 0 aliphatic carbocycles. The van der Waals surface area contributed by atoms with E-state index in [1.807, 2.05) is 6.92 Å². The number of hydrogen-bond donors (Lipinski definition) is 0. The molecule has 11 heavy (non-hydrogen) atoms. The summed E-state index contributed by atoms with van der Waals surface area (Å²) < 4.78 is 0. The molecule has 0 aliphatic rings. The van der Waals surface area contributed by atoms with Gasteiger partial charge in [0.1, 0.15) is 0 Å². The van der Waals surface area contributed by atoms with Crippen LogP contribution in [0.25, 0.3) is 0 Å². The summed E-state index contributed by atoms with van der Waals surface area (Å²) in [5, 5.41) is 0. The molecule has 1 heteroatoms. The number of halogens is 1. The minimum atomic E-state index is -0.0983. The summed E-state index contributed by atoms with van der Waals surface area (Å²) in [5.74, 6) is 1.08. The average Bonchev–Trinajstić information content (AvgIpc) is 1.85. The van der Waals surface area contributed by atoms with E-state index < -0.39 is 0 Å². The Labute approximate surface area is 75.6 Å². The van der Waals surface area contributed by atoms with Crippen molar-refractivity contribution in [2.45, 2.75) is 39.5 Å². The van der Waals surface area contributed by atoms with Crippen molar-refractivity contribution in [2.24, 2.45) is 11.8 Å². The molecule has 0 unspecified atom stereocenters. The molecule has 0 fully saturated rings. The molecule has 0 heterocycles. The second-order valence-corrected chi connectivity index (χ2v) is 4.71. The smallest absolute Gasteiger partial charge is 0.0421 e. The summed E-state index contributed by atoms with van der Waals surface area (Å²) in [6.45, 7) is 10.6. The van der Waals surface area contributed by atoms with Gasteiger partial charge in [-0.25, -0.2) is 0 Å². The molecule has 0 radical (unpaired) electrons. The van der Waals surface area contributed by atoms with E-state index in [1.165, 1.54) is 0 Å². The lowest BCUT2D eigenvalue weighted by Gasteiger charge is -2.28. The van der Waals surface area contributed by atoms with Gasteiger partial charge < -0.3 is 0 Å². The molecule has 0 aromatic rings. The van der Waals surface area contributed by atoms with Crippen molar-refractivity contribution in [3.63, 3.8) is 0 Å². The highest BCUT2D eigenvalue weighted by atomic mass is 35.5. The van der Waals surface area contributed by atoms with Crippen LogP contribution in [0.1, 0.15) is 34.6 Å². The van der Waals surface area contributed by atoms with Crippen LogP contribution in [0, 0.1) is 11.8 Å². The Bertz CT molecular complexity index is 130. The molecule has 0 saturated carbocycles. The molecule has 2 atom stereocenters.